The number of hydrogen-bond donors (Lipinski definition) is 1. The van der Waals surface area contributed by atoms with Crippen LogP contribution >= 0.6 is 0 Å². The van der Waals surface area contributed by atoms with Crippen LogP contribution in [0.25, 0.3) is 5.65 Å². The molecular weight excluding hydrogens is 360 g/mol. The van der Waals surface area contributed by atoms with Crippen molar-refractivity contribution in [3.63, 3.8) is 0 Å². The van der Waals surface area contributed by atoms with Crippen molar-refractivity contribution in [3.8, 4) is 0 Å². The van der Waals surface area contributed by atoms with Crippen LogP contribution in [-0.4, -0.2) is 52.5 Å². The van der Waals surface area contributed by atoms with E-state index in [2.05, 4.69) is 63.1 Å². The van der Waals surface area contributed by atoms with Crippen molar-refractivity contribution in [1.29, 1.82) is 0 Å². The van der Waals surface area contributed by atoms with Gasteiger partial charge in [0.25, 0.3) is 0 Å². The molecule has 2 aliphatic rings. The standard InChI is InChI=1S/C23H30N6/c1-27(20-8-2-6-18-7-4-12-25-23(18)20)16-19-17-29-21(26-19)9-3-10-22(29)28-14-5-11-24-13-15-28/h3-4,7,9-10,12,17,20,24H,2,5-6,8,11,13-16H2,1H3/t20-/m0/s1. The first-order valence-corrected chi connectivity index (χ1v) is 10.9. The van der Waals surface area contributed by atoms with E-state index in [1.165, 1.54) is 36.3 Å². The summed E-state index contributed by atoms with van der Waals surface area (Å²) in [6, 6.07) is 11.1. The molecule has 29 heavy (non-hydrogen) atoms. The molecule has 0 spiro atoms. The second kappa shape index (κ2) is 8.13. The molecule has 0 bridgehead atoms. The van der Waals surface area contributed by atoms with Gasteiger partial charge in [0.1, 0.15) is 11.5 Å². The van der Waals surface area contributed by atoms with E-state index in [0.29, 0.717) is 6.04 Å². The van der Waals surface area contributed by atoms with Crippen LogP contribution in [0.1, 0.15) is 42.3 Å². The van der Waals surface area contributed by atoms with Crippen molar-refractivity contribution in [1.82, 2.24) is 24.6 Å². The predicted octanol–water partition coefficient (Wildman–Crippen LogP) is 3.04. The molecule has 1 aliphatic carbocycles. The smallest absolute Gasteiger partial charge is 0.138 e. The molecule has 6 heteroatoms. The van der Waals surface area contributed by atoms with Crippen LogP contribution in [0.15, 0.2) is 42.7 Å². The summed E-state index contributed by atoms with van der Waals surface area (Å²) in [4.78, 5) is 14.5. The molecule has 0 radical (unpaired) electrons. The lowest BCUT2D eigenvalue weighted by Gasteiger charge is -2.31. The van der Waals surface area contributed by atoms with Crippen LogP contribution < -0.4 is 10.2 Å². The number of aryl methyl sites for hydroxylation is 1. The second-order valence-corrected chi connectivity index (χ2v) is 8.31. The van der Waals surface area contributed by atoms with E-state index in [1.54, 1.807) is 0 Å². The molecule has 0 saturated carbocycles. The molecule has 3 aromatic heterocycles. The first kappa shape index (κ1) is 18.6. The Hall–Kier alpha value is -2.44. The van der Waals surface area contributed by atoms with Crippen LogP contribution in [0, 0.1) is 0 Å². The summed E-state index contributed by atoms with van der Waals surface area (Å²) in [6.45, 7) is 5.10. The fourth-order valence-corrected chi connectivity index (χ4v) is 4.84. The third kappa shape index (κ3) is 3.74. The first-order valence-electron chi connectivity index (χ1n) is 10.9. The van der Waals surface area contributed by atoms with Gasteiger partial charge < -0.3 is 10.2 Å². The molecule has 5 rings (SSSR count). The normalized spacial score (nSPS) is 20.1. The number of nitrogens with one attached hydrogen (secondary N) is 1. The van der Waals surface area contributed by atoms with Gasteiger partial charge in [-0.25, -0.2) is 4.98 Å². The summed E-state index contributed by atoms with van der Waals surface area (Å²) in [7, 11) is 2.21. The van der Waals surface area contributed by atoms with Crippen molar-refractivity contribution in [3.05, 3.63) is 59.7 Å². The quantitative estimate of drug-likeness (QED) is 0.742. The van der Waals surface area contributed by atoms with Gasteiger partial charge >= 0.3 is 0 Å². The van der Waals surface area contributed by atoms with E-state index in [1.807, 2.05) is 6.20 Å². The highest BCUT2D eigenvalue weighted by atomic mass is 15.2. The Labute approximate surface area is 172 Å². The lowest BCUT2D eigenvalue weighted by atomic mass is 9.91. The second-order valence-electron chi connectivity index (χ2n) is 8.31. The van der Waals surface area contributed by atoms with Crippen molar-refractivity contribution in [2.75, 3.05) is 38.1 Å². The molecule has 0 amide bonds. The first-order chi connectivity index (χ1) is 14.3. The maximum Gasteiger partial charge on any atom is 0.138 e. The Morgan fingerprint density at radius 3 is 3.07 bits per heavy atom. The van der Waals surface area contributed by atoms with E-state index < -0.39 is 0 Å². The number of nitrogens with zero attached hydrogens (tertiary/aromatic N) is 5. The molecule has 1 atom stereocenters. The summed E-state index contributed by atoms with van der Waals surface area (Å²) >= 11 is 0. The molecule has 0 aromatic carbocycles. The van der Waals surface area contributed by atoms with Crippen LogP contribution in [0.2, 0.25) is 0 Å². The zero-order valence-corrected chi connectivity index (χ0v) is 17.2. The van der Waals surface area contributed by atoms with Crippen LogP contribution in [0.3, 0.4) is 0 Å². The summed E-state index contributed by atoms with van der Waals surface area (Å²) in [5.74, 6) is 1.25. The Kier molecular flexibility index (Phi) is 5.21. The van der Waals surface area contributed by atoms with Crippen molar-refractivity contribution >= 4 is 11.5 Å². The number of rotatable bonds is 4. The fourth-order valence-electron chi connectivity index (χ4n) is 4.84. The van der Waals surface area contributed by atoms with Gasteiger partial charge in [-0.1, -0.05) is 12.1 Å². The zero-order valence-electron chi connectivity index (χ0n) is 17.2. The van der Waals surface area contributed by atoms with Gasteiger partial charge in [0.05, 0.1) is 17.4 Å². The Morgan fingerprint density at radius 1 is 1.14 bits per heavy atom. The van der Waals surface area contributed by atoms with Gasteiger partial charge in [-0.15, -0.1) is 0 Å². The highest BCUT2D eigenvalue weighted by Gasteiger charge is 2.25. The molecule has 1 aliphatic heterocycles. The SMILES string of the molecule is CN(Cc1cn2c(N3CCCNCC3)cccc2n1)[C@H]1CCCc2cccnc21. The average molecular weight is 391 g/mol. The molecule has 6 nitrogen and oxygen atoms in total. The van der Waals surface area contributed by atoms with Gasteiger partial charge in [0.2, 0.25) is 0 Å². The molecule has 0 unspecified atom stereocenters. The molecule has 1 saturated heterocycles. The fraction of sp³-hybridized carbons (Fsp3) is 0.478. The largest absolute Gasteiger partial charge is 0.356 e. The van der Waals surface area contributed by atoms with Crippen LogP contribution in [-0.2, 0) is 13.0 Å². The van der Waals surface area contributed by atoms with Gasteiger partial charge in [0, 0.05) is 38.6 Å². The van der Waals surface area contributed by atoms with E-state index in [4.69, 9.17) is 9.97 Å². The van der Waals surface area contributed by atoms with Crippen molar-refractivity contribution in [2.24, 2.45) is 0 Å². The van der Waals surface area contributed by atoms with Gasteiger partial charge in [-0.2, -0.15) is 0 Å². The molecular formula is C23H30N6. The maximum atomic E-state index is 4.94. The maximum absolute atomic E-state index is 4.94. The summed E-state index contributed by atoms with van der Waals surface area (Å²) in [6.07, 6.45) is 8.87. The predicted molar refractivity (Wildman–Crippen MR) is 116 cm³/mol. The van der Waals surface area contributed by atoms with E-state index in [0.717, 1.165) is 50.5 Å². The monoisotopic (exact) mass is 390 g/mol. The molecule has 1 N–H and O–H groups in total. The number of anilines is 1. The van der Waals surface area contributed by atoms with Gasteiger partial charge in [-0.05, 0) is 63.0 Å². The highest BCUT2D eigenvalue weighted by Crippen LogP contribution is 2.32. The molecule has 1 fully saturated rings. The van der Waals surface area contributed by atoms with E-state index in [-0.39, 0.29) is 0 Å². The van der Waals surface area contributed by atoms with Crippen LogP contribution in [0.4, 0.5) is 5.82 Å². The number of fused-ring (bicyclic) bond motifs is 2. The molecule has 152 valence electrons. The zero-order chi connectivity index (χ0) is 19.6. The number of imidazole rings is 1. The molecule has 3 aromatic rings. The topological polar surface area (TPSA) is 48.7 Å². The summed E-state index contributed by atoms with van der Waals surface area (Å²) < 4.78 is 2.27. The van der Waals surface area contributed by atoms with Gasteiger partial charge in [0.15, 0.2) is 0 Å². The number of hydrogen-bond acceptors (Lipinski definition) is 5. The van der Waals surface area contributed by atoms with E-state index in [9.17, 15) is 0 Å². The third-order valence-corrected chi connectivity index (χ3v) is 6.29. The third-order valence-electron chi connectivity index (χ3n) is 6.29. The minimum atomic E-state index is 0.376. The minimum absolute atomic E-state index is 0.376. The average Bonchev–Trinajstić information content (AvgIpc) is 2.97. The summed E-state index contributed by atoms with van der Waals surface area (Å²) in [5, 5.41) is 3.49. The van der Waals surface area contributed by atoms with Gasteiger partial charge in [-0.3, -0.25) is 14.3 Å². The number of pyridine rings is 2. The lowest BCUT2D eigenvalue weighted by Crippen LogP contribution is -2.29. The lowest BCUT2D eigenvalue weighted by molar-refractivity contribution is 0.206. The minimum Gasteiger partial charge on any atom is -0.356 e. The van der Waals surface area contributed by atoms with Crippen LogP contribution in [0.5, 0.6) is 0 Å². The Morgan fingerprint density at radius 2 is 2.10 bits per heavy atom. The highest BCUT2D eigenvalue weighted by molar-refractivity contribution is 5.52. The molecule has 4 heterocycles. The van der Waals surface area contributed by atoms with Crippen molar-refractivity contribution < 1.29 is 0 Å². The van der Waals surface area contributed by atoms with E-state index >= 15 is 0 Å². The Balaban J connectivity index is 1.39. The summed E-state index contributed by atoms with van der Waals surface area (Å²) in [5.41, 5.74) is 4.81. The number of aromatic nitrogens is 3. The van der Waals surface area contributed by atoms with Crippen molar-refractivity contribution in [2.45, 2.75) is 38.3 Å². The Bertz CT molecular complexity index is 972.